The summed E-state index contributed by atoms with van der Waals surface area (Å²) in [6.07, 6.45) is 10.8. The van der Waals surface area contributed by atoms with Crippen LogP contribution in [0.1, 0.15) is 75.3 Å². The highest BCUT2D eigenvalue weighted by atomic mass is 16.3. The summed E-state index contributed by atoms with van der Waals surface area (Å²) in [5.74, 6) is 2.39. The number of hydrogen-bond donors (Lipinski definition) is 2. The van der Waals surface area contributed by atoms with Crippen LogP contribution in [0.2, 0.25) is 0 Å². The minimum atomic E-state index is -0.505. The van der Waals surface area contributed by atoms with E-state index in [1.807, 2.05) is 12.1 Å². The number of hydrogen-bond acceptors (Lipinski definition) is 3. The van der Waals surface area contributed by atoms with Crippen LogP contribution in [0.25, 0.3) is 0 Å². The fourth-order valence-corrected chi connectivity index (χ4v) is 7.43. The summed E-state index contributed by atoms with van der Waals surface area (Å²) in [4.78, 5) is 2.54. The second-order valence-electron chi connectivity index (χ2n) is 10.2. The molecule has 1 heterocycles. The molecule has 5 atom stereocenters. The molecule has 2 N–H and O–H groups in total. The van der Waals surface area contributed by atoms with Crippen LogP contribution in [-0.2, 0) is 6.42 Å². The molecule has 0 spiro atoms. The van der Waals surface area contributed by atoms with Crippen LogP contribution in [0.5, 0.6) is 5.75 Å². The Balaban J connectivity index is 1.40. The van der Waals surface area contributed by atoms with Crippen molar-refractivity contribution < 1.29 is 10.2 Å². The van der Waals surface area contributed by atoms with Crippen LogP contribution in [-0.4, -0.2) is 40.3 Å². The fourth-order valence-electron chi connectivity index (χ4n) is 7.43. The maximum atomic E-state index is 11.8. The standard InChI is InChI=1S/C24H35NO2/c1-23-11-9-20-19-8-6-18(26)15-17(19)5-7-21(20)22(23)10-12-24(23,27)16-25-13-3-2-4-14-25/h6,8,15,20-22,26-27H,2-5,7,9-14,16H2,1H3/t20-,21-,22-,23-,24-/m0/s1. The molecule has 1 aliphatic heterocycles. The SMILES string of the molecule is C[C@]12CC[C@H]3c4ccc(O)cc4CC[C@@H]3[C@@H]1CC[C@]2(O)CN1CCCCC1. The number of piperidine rings is 1. The third-order valence-electron chi connectivity index (χ3n) is 8.97. The molecule has 4 aliphatic rings. The van der Waals surface area contributed by atoms with Crippen LogP contribution < -0.4 is 0 Å². The van der Waals surface area contributed by atoms with Crippen molar-refractivity contribution in [2.24, 2.45) is 17.3 Å². The van der Waals surface area contributed by atoms with E-state index in [1.54, 1.807) is 0 Å². The molecular weight excluding hydrogens is 334 g/mol. The van der Waals surface area contributed by atoms with Gasteiger partial charge in [-0.2, -0.15) is 0 Å². The van der Waals surface area contributed by atoms with Crippen LogP contribution >= 0.6 is 0 Å². The Labute approximate surface area is 163 Å². The summed E-state index contributed by atoms with van der Waals surface area (Å²) in [6, 6.07) is 6.04. The van der Waals surface area contributed by atoms with Gasteiger partial charge in [0, 0.05) is 12.0 Å². The van der Waals surface area contributed by atoms with E-state index in [4.69, 9.17) is 0 Å². The van der Waals surface area contributed by atoms with Gasteiger partial charge in [0.1, 0.15) is 5.75 Å². The lowest BCUT2D eigenvalue weighted by atomic mass is 9.53. The topological polar surface area (TPSA) is 43.7 Å². The number of β-amino-alcohol motifs (C(OH)–C–C–N with tert-alkyl or cyclic N) is 1. The highest BCUT2D eigenvalue weighted by Gasteiger charge is 2.61. The average molecular weight is 370 g/mol. The van der Waals surface area contributed by atoms with Crippen LogP contribution in [0.3, 0.4) is 0 Å². The Kier molecular flexibility index (Phi) is 4.32. The maximum Gasteiger partial charge on any atom is 0.115 e. The van der Waals surface area contributed by atoms with E-state index in [1.165, 1.54) is 62.7 Å². The monoisotopic (exact) mass is 369 g/mol. The number of phenols is 1. The zero-order valence-electron chi connectivity index (χ0n) is 16.8. The first-order valence-electron chi connectivity index (χ1n) is 11.3. The average Bonchev–Trinajstić information content (AvgIpc) is 2.93. The fraction of sp³-hybridized carbons (Fsp3) is 0.750. The Morgan fingerprint density at radius 2 is 1.89 bits per heavy atom. The largest absolute Gasteiger partial charge is 0.508 e. The third-order valence-corrected chi connectivity index (χ3v) is 8.97. The molecule has 5 rings (SSSR count). The normalized spacial score (nSPS) is 41.6. The van der Waals surface area contributed by atoms with Crippen molar-refractivity contribution in [3.8, 4) is 5.75 Å². The lowest BCUT2D eigenvalue weighted by Crippen LogP contribution is -2.56. The van der Waals surface area contributed by atoms with Gasteiger partial charge in [-0.05, 0) is 105 Å². The summed E-state index contributed by atoms with van der Waals surface area (Å²) in [5.41, 5.74) is 2.41. The smallest absolute Gasteiger partial charge is 0.115 e. The highest BCUT2D eigenvalue weighted by molar-refractivity contribution is 5.40. The van der Waals surface area contributed by atoms with Gasteiger partial charge in [-0.3, -0.25) is 0 Å². The molecule has 1 saturated heterocycles. The Morgan fingerprint density at radius 1 is 1.07 bits per heavy atom. The molecular formula is C24H35NO2. The quantitative estimate of drug-likeness (QED) is 0.809. The van der Waals surface area contributed by atoms with Gasteiger partial charge in [0.2, 0.25) is 0 Å². The first-order valence-corrected chi connectivity index (χ1v) is 11.3. The van der Waals surface area contributed by atoms with Gasteiger partial charge in [0.05, 0.1) is 5.60 Å². The third kappa shape index (κ3) is 2.76. The van der Waals surface area contributed by atoms with E-state index >= 15 is 0 Å². The van der Waals surface area contributed by atoms with Crippen molar-refractivity contribution in [2.75, 3.05) is 19.6 Å². The first kappa shape index (κ1) is 18.0. The highest BCUT2D eigenvalue weighted by Crippen LogP contribution is 2.64. The lowest BCUT2D eigenvalue weighted by molar-refractivity contribution is -0.118. The Hall–Kier alpha value is -1.06. The minimum absolute atomic E-state index is 0.0695. The van der Waals surface area contributed by atoms with Gasteiger partial charge >= 0.3 is 0 Å². The lowest BCUT2D eigenvalue weighted by Gasteiger charge is -2.54. The molecule has 1 aromatic carbocycles. The van der Waals surface area contributed by atoms with Crippen molar-refractivity contribution in [3.63, 3.8) is 0 Å². The number of phenolic OH excluding ortho intramolecular Hbond substituents is 1. The zero-order valence-corrected chi connectivity index (χ0v) is 16.8. The zero-order chi connectivity index (χ0) is 18.6. The molecule has 1 aromatic rings. The van der Waals surface area contributed by atoms with Gasteiger partial charge in [0.15, 0.2) is 0 Å². The summed E-state index contributed by atoms with van der Waals surface area (Å²) in [6.45, 7) is 5.65. The van der Waals surface area contributed by atoms with E-state index < -0.39 is 5.60 Å². The van der Waals surface area contributed by atoms with E-state index in [2.05, 4.69) is 17.9 Å². The molecule has 3 fully saturated rings. The molecule has 2 saturated carbocycles. The molecule has 3 heteroatoms. The first-order chi connectivity index (χ1) is 13.0. The van der Waals surface area contributed by atoms with Crippen LogP contribution in [0.4, 0.5) is 0 Å². The molecule has 0 unspecified atom stereocenters. The van der Waals surface area contributed by atoms with Crippen molar-refractivity contribution >= 4 is 0 Å². The molecule has 0 radical (unpaired) electrons. The Bertz CT molecular complexity index is 712. The summed E-state index contributed by atoms with van der Waals surface area (Å²) in [5, 5.41) is 21.7. The molecule has 3 nitrogen and oxygen atoms in total. The molecule has 148 valence electrons. The molecule has 3 aliphatic carbocycles. The number of aryl methyl sites for hydroxylation is 1. The van der Waals surface area contributed by atoms with Crippen molar-refractivity contribution in [1.29, 1.82) is 0 Å². The van der Waals surface area contributed by atoms with E-state index in [0.717, 1.165) is 25.8 Å². The second kappa shape index (κ2) is 6.49. The predicted octanol–water partition coefficient (Wildman–Crippen LogP) is 4.47. The van der Waals surface area contributed by atoms with Crippen LogP contribution in [0.15, 0.2) is 18.2 Å². The van der Waals surface area contributed by atoms with E-state index in [9.17, 15) is 10.2 Å². The van der Waals surface area contributed by atoms with Gasteiger partial charge in [-0.1, -0.05) is 19.4 Å². The van der Waals surface area contributed by atoms with Gasteiger partial charge in [-0.25, -0.2) is 0 Å². The number of benzene rings is 1. The van der Waals surface area contributed by atoms with Gasteiger partial charge < -0.3 is 15.1 Å². The maximum absolute atomic E-state index is 11.8. The van der Waals surface area contributed by atoms with Crippen LogP contribution in [0, 0.1) is 17.3 Å². The Morgan fingerprint density at radius 3 is 2.70 bits per heavy atom. The van der Waals surface area contributed by atoms with E-state index in [0.29, 0.717) is 23.5 Å². The summed E-state index contributed by atoms with van der Waals surface area (Å²) in [7, 11) is 0. The molecule has 0 amide bonds. The number of aliphatic hydroxyl groups is 1. The second-order valence-corrected chi connectivity index (χ2v) is 10.2. The molecule has 0 aromatic heterocycles. The number of aromatic hydroxyl groups is 1. The van der Waals surface area contributed by atoms with E-state index in [-0.39, 0.29) is 5.41 Å². The number of fused-ring (bicyclic) bond motifs is 5. The number of rotatable bonds is 2. The molecule has 27 heavy (non-hydrogen) atoms. The van der Waals surface area contributed by atoms with Crippen molar-refractivity contribution in [2.45, 2.75) is 76.2 Å². The van der Waals surface area contributed by atoms with Gasteiger partial charge in [-0.15, -0.1) is 0 Å². The minimum Gasteiger partial charge on any atom is -0.508 e. The molecule has 0 bridgehead atoms. The van der Waals surface area contributed by atoms with Crippen molar-refractivity contribution in [1.82, 2.24) is 4.90 Å². The number of nitrogens with zero attached hydrogens (tertiary/aromatic N) is 1. The summed E-state index contributed by atoms with van der Waals surface area (Å²) >= 11 is 0. The predicted molar refractivity (Wildman–Crippen MR) is 108 cm³/mol. The number of likely N-dealkylation sites (tertiary alicyclic amines) is 1. The van der Waals surface area contributed by atoms with Crippen molar-refractivity contribution in [3.05, 3.63) is 29.3 Å². The summed E-state index contributed by atoms with van der Waals surface area (Å²) < 4.78 is 0. The van der Waals surface area contributed by atoms with Gasteiger partial charge in [0.25, 0.3) is 0 Å².